The van der Waals surface area contributed by atoms with Gasteiger partial charge in [0.1, 0.15) is 41.5 Å². The van der Waals surface area contributed by atoms with Crippen LogP contribution in [-0.2, 0) is 25.0 Å². The predicted octanol–water partition coefficient (Wildman–Crippen LogP) is 5.03. The Morgan fingerprint density at radius 3 is 2.15 bits per heavy atom. The summed E-state index contributed by atoms with van der Waals surface area (Å²) in [4.78, 5) is 30.8. The van der Waals surface area contributed by atoms with Gasteiger partial charge in [0, 0.05) is 19.7 Å². The van der Waals surface area contributed by atoms with Crippen molar-refractivity contribution in [2.45, 2.75) is 32.5 Å². The van der Waals surface area contributed by atoms with Gasteiger partial charge < -0.3 is 28.6 Å². The highest BCUT2D eigenvalue weighted by Crippen LogP contribution is 2.23. The fraction of sp³-hybridized carbons (Fsp3) is 0.276. The van der Waals surface area contributed by atoms with Crippen LogP contribution in [0.4, 0.5) is 4.79 Å². The number of methoxy groups -OCH3 is 2. The minimum atomic E-state index is -1.11. The van der Waals surface area contributed by atoms with E-state index in [1.165, 1.54) is 12.0 Å². The van der Waals surface area contributed by atoms with E-state index in [9.17, 15) is 14.7 Å². The lowest BCUT2D eigenvalue weighted by Gasteiger charge is -2.27. The summed E-state index contributed by atoms with van der Waals surface area (Å²) in [7, 11) is 5.08. The van der Waals surface area contributed by atoms with Crippen molar-refractivity contribution in [2.24, 2.45) is 7.05 Å². The largest absolute Gasteiger partial charge is 0.497 e. The van der Waals surface area contributed by atoms with Crippen molar-refractivity contribution in [3.8, 4) is 23.0 Å². The molecule has 0 aliphatic rings. The zero-order valence-electron chi connectivity index (χ0n) is 22.3. The van der Waals surface area contributed by atoms with Gasteiger partial charge in [0.15, 0.2) is 0 Å². The average molecular weight is 534 g/mol. The molecule has 0 aliphatic heterocycles. The van der Waals surface area contributed by atoms with Crippen molar-refractivity contribution in [2.75, 3.05) is 14.2 Å². The van der Waals surface area contributed by atoms with Gasteiger partial charge >= 0.3 is 12.1 Å². The van der Waals surface area contributed by atoms with Crippen LogP contribution in [0.15, 0.2) is 66.7 Å². The molecule has 1 N–H and O–H groups in total. The first-order valence-corrected chi connectivity index (χ1v) is 12.4. The van der Waals surface area contributed by atoms with Gasteiger partial charge in [-0.3, -0.25) is 4.90 Å². The van der Waals surface area contributed by atoms with Crippen molar-refractivity contribution < 1.29 is 33.6 Å². The number of aryl methyl sites for hydroxylation is 1. The van der Waals surface area contributed by atoms with E-state index in [1.807, 2.05) is 29.8 Å². The average Bonchev–Trinajstić information content (AvgIpc) is 3.27. The highest BCUT2D eigenvalue weighted by Gasteiger charge is 2.30. The number of ether oxygens (including phenoxy) is 4. The van der Waals surface area contributed by atoms with Crippen LogP contribution in [0.5, 0.6) is 23.0 Å². The van der Waals surface area contributed by atoms with Crippen LogP contribution in [0.1, 0.15) is 24.7 Å². The standard InChI is InChI=1S/C29H31N3O7/c1-5-25(28(33)34)32(29(35)39-22-12-10-20(36-3)11-13-22)17-19-6-8-21(9-7-19)38-18-27-30-24-15-14-23(37-4)16-26(24)31(27)2/h6-16,25H,5,17-18H2,1-4H3,(H,33,34). The Labute approximate surface area is 226 Å². The monoisotopic (exact) mass is 533 g/mol. The van der Waals surface area contributed by atoms with Gasteiger partial charge in [-0.05, 0) is 60.5 Å². The van der Waals surface area contributed by atoms with E-state index < -0.39 is 18.1 Å². The van der Waals surface area contributed by atoms with Gasteiger partial charge in [-0.1, -0.05) is 19.1 Å². The Hall–Kier alpha value is -4.73. The summed E-state index contributed by atoms with van der Waals surface area (Å²) in [5, 5.41) is 9.73. The van der Waals surface area contributed by atoms with Gasteiger partial charge in [0.2, 0.25) is 0 Å². The maximum absolute atomic E-state index is 13.0. The number of benzene rings is 3. The lowest BCUT2D eigenvalue weighted by atomic mass is 10.1. The van der Waals surface area contributed by atoms with Crippen molar-refractivity contribution >= 4 is 23.1 Å². The van der Waals surface area contributed by atoms with E-state index in [2.05, 4.69) is 4.98 Å². The topological polar surface area (TPSA) is 112 Å². The summed E-state index contributed by atoms with van der Waals surface area (Å²) in [6, 6.07) is 18.2. The van der Waals surface area contributed by atoms with E-state index in [4.69, 9.17) is 18.9 Å². The Balaban J connectivity index is 1.44. The summed E-state index contributed by atoms with van der Waals surface area (Å²) in [6.45, 7) is 2.01. The quantitative estimate of drug-likeness (QED) is 0.286. The molecule has 0 saturated heterocycles. The molecule has 4 aromatic rings. The first kappa shape index (κ1) is 27.3. The number of carboxylic acid groups (broad SMARTS) is 1. The molecule has 0 saturated carbocycles. The third kappa shape index (κ3) is 6.40. The molecule has 204 valence electrons. The highest BCUT2D eigenvalue weighted by atomic mass is 16.6. The molecule has 0 radical (unpaired) electrons. The molecule has 1 aromatic heterocycles. The second-order valence-corrected chi connectivity index (χ2v) is 8.81. The first-order chi connectivity index (χ1) is 18.8. The van der Waals surface area contributed by atoms with E-state index in [0.717, 1.165) is 28.2 Å². The smallest absolute Gasteiger partial charge is 0.416 e. The minimum absolute atomic E-state index is 0.0483. The van der Waals surface area contributed by atoms with Crippen molar-refractivity contribution in [3.05, 3.63) is 78.1 Å². The minimum Gasteiger partial charge on any atom is -0.497 e. The summed E-state index contributed by atoms with van der Waals surface area (Å²) in [5.41, 5.74) is 2.51. The van der Waals surface area contributed by atoms with Crippen LogP contribution < -0.4 is 18.9 Å². The molecule has 10 nitrogen and oxygen atoms in total. The summed E-state index contributed by atoms with van der Waals surface area (Å²) < 4.78 is 23.8. The van der Waals surface area contributed by atoms with Gasteiger partial charge in [-0.2, -0.15) is 0 Å². The lowest BCUT2D eigenvalue weighted by Crippen LogP contribution is -2.45. The molecule has 1 heterocycles. The molecule has 0 fully saturated rings. The van der Waals surface area contributed by atoms with Gasteiger partial charge in [0.25, 0.3) is 0 Å². The Kier molecular flexibility index (Phi) is 8.55. The number of hydrogen-bond acceptors (Lipinski definition) is 7. The Bertz CT molecular complexity index is 1430. The molecule has 1 amide bonds. The van der Waals surface area contributed by atoms with Crippen molar-refractivity contribution in [3.63, 3.8) is 0 Å². The Morgan fingerprint density at radius 2 is 1.54 bits per heavy atom. The van der Waals surface area contributed by atoms with Crippen molar-refractivity contribution in [1.29, 1.82) is 0 Å². The number of fused-ring (bicyclic) bond motifs is 1. The third-order valence-corrected chi connectivity index (χ3v) is 6.37. The van der Waals surface area contributed by atoms with E-state index >= 15 is 0 Å². The van der Waals surface area contributed by atoms with Crippen LogP contribution in [0.25, 0.3) is 11.0 Å². The molecule has 1 atom stereocenters. The number of nitrogens with zero attached hydrogens (tertiary/aromatic N) is 3. The zero-order chi connectivity index (χ0) is 27.9. The lowest BCUT2D eigenvalue weighted by molar-refractivity contribution is -0.142. The fourth-order valence-electron chi connectivity index (χ4n) is 4.14. The molecule has 39 heavy (non-hydrogen) atoms. The molecule has 4 rings (SSSR count). The van der Waals surface area contributed by atoms with E-state index in [-0.39, 0.29) is 25.3 Å². The van der Waals surface area contributed by atoms with Crippen LogP contribution in [0, 0.1) is 0 Å². The Morgan fingerprint density at radius 1 is 0.923 bits per heavy atom. The number of rotatable bonds is 11. The number of aromatic nitrogens is 2. The van der Waals surface area contributed by atoms with Crippen LogP contribution >= 0.6 is 0 Å². The van der Waals surface area contributed by atoms with Crippen LogP contribution in [0.3, 0.4) is 0 Å². The maximum Gasteiger partial charge on any atom is 0.416 e. The summed E-state index contributed by atoms with van der Waals surface area (Å²) >= 11 is 0. The normalized spacial score (nSPS) is 11.6. The number of carboxylic acids is 1. The number of carbonyl (C=O) groups is 2. The van der Waals surface area contributed by atoms with Crippen LogP contribution in [0.2, 0.25) is 0 Å². The second-order valence-electron chi connectivity index (χ2n) is 8.81. The van der Waals surface area contributed by atoms with E-state index in [1.54, 1.807) is 62.6 Å². The SMILES string of the molecule is CCC(C(=O)O)N(Cc1ccc(OCc2nc3ccc(OC)cc3n2C)cc1)C(=O)Oc1ccc(OC)cc1. The number of aliphatic carboxylic acids is 1. The second kappa shape index (κ2) is 12.2. The van der Waals surface area contributed by atoms with Gasteiger partial charge in [-0.25, -0.2) is 14.6 Å². The molecular weight excluding hydrogens is 502 g/mol. The fourth-order valence-corrected chi connectivity index (χ4v) is 4.14. The molecule has 0 bridgehead atoms. The highest BCUT2D eigenvalue weighted by molar-refractivity contribution is 5.81. The zero-order valence-corrected chi connectivity index (χ0v) is 22.3. The molecule has 1 unspecified atom stereocenters. The maximum atomic E-state index is 13.0. The summed E-state index contributed by atoms with van der Waals surface area (Å²) in [6.07, 6.45) is -0.536. The molecule has 10 heteroatoms. The first-order valence-electron chi connectivity index (χ1n) is 12.4. The number of amides is 1. The molecule has 0 spiro atoms. The molecule has 0 aliphatic carbocycles. The molecular formula is C29H31N3O7. The number of carbonyl (C=O) groups excluding carboxylic acids is 1. The summed E-state index contributed by atoms with van der Waals surface area (Å²) in [5.74, 6) is 1.91. The third-order valence-electron chi connectivity index (χ3n) is 6.37. The van der Waals surface area contributed by atoms with Crippen LogP contribution in [-0.4, -0.2) is 51.9 Å². The molecule has 3 aromatic carbocycles. The van der Waals surface area contributed by atoms with Gasteiger partial charge in [0.05, 0.1) is 25.3 Å². The van der Waals surface area contributed by atoms with Crippen molar-refractivity contribution in [1.82, 2.24) is 14.5 Å². The predicted molar refractivity (Wildman–Crippen MR) is 144 cm³/mol. The van der Waals surface area contributed by atoms with Gasteiger partial charge in [-0.15, -0.1) is 0 Å². The van der Waals surface area contributed by atoms with E-state index in [0.29, 0.717) is 11.5 Å². The number of imidazole rings is 1. The number of hydrogen-bond donors (Lipinski definition) is 1.